The molecule has 1 N–H and O–H groups in total. The zero-order valence-corrected chi connectivity index (χ0v) is 11.4. The second-order valence-corrected chi connectivity index (χ2v) is 6.31. The van der Waals surface area contributed by atoms with E-state index in [9.17, 15) is 12.8 Å². The van der Waals surface area contributed by atoms with Crippen LogP contribution in [0.25, 0.3) is 0 Å². The van der Waals surface area contributed by atoms with Gasteiger partial charge in [-0.3, -0.25) is 4.72 Å². The lowest BCUT2D eigenvalue weighted by Gasteiger charge is -2.11. The number of anilines is 1. The minimum Gasteiger partial charge on any atom is -0.283 e. The molecule has 1 unspecified atom stereocenters. The topological polar surface area (TPSA) is 46.2 Å². The molecule has 0 spiro atoms. The summed E-state index contributed by atoms with van der Waals surface area (Å²) >= 11 is 11.2. The van der Waals surface area contributed by atoms with Crippen molar-refractivity contribution < 1.29 is 12.8 Å². The molecule has 0 aromatic heterocycles. The minimum atomic E-state index is -3.54. The molecular weight excluding hydrogens is 288 g/mol. The Kier molecular flexibility index (Phi) is 5.04. The fraction of sp³-hybridized carbons (Fsp3) is 0.400. The van der Waals surface area contributed by atoms with E-state index in [1.807, 2.05) is 0 Å². The van der Waals surface area contributed by atoms with Crippen LogP contribution in [0.5, 0.6) is 0 Å². The zero-order chi connectivity index (χ0) is 13.1. The first-order valence-electron chi connectivity index (χ1n) is 4.85. The molecule has 7 heteroatoms. The number of sulfonamides is 1. The van der Waals surface area contributed by atoms with E-state index in [-0.39, 0.29) is 28.3 Å². The summed E-state index contributed by atoms with van der Waals surface area (Å²) in [5, 5.41) is 0.132. The van der Waals surface area contributed by atoms with Gasteiger partial charge in [-0.05, 0) is 24.1 Å². The van der Waals surface area contributed by atoms with Crippen molar-refractivity contribution in [2.24, 2.45) is 5.92 Å². The Bertz CT molecular complexity index is 473. The highest BCUT2D eigenvalue weighted by molar-refractivity contribution is 7.92. The molecule has 0 saturated heterocycles. The van der Waals surface area contributed by atoms with E-state index in [1.54, 1.807) is 6.92 Å². The SMILES string of the molecule is CC(CCl)CS(=O)(=O)Nc1cc(F)cc(Cl)c1. The van der Waals surface area contributed by atoms with Crippen molar-refractivity contribution in [3.05, 3.63) is 29.0 Å². The molecular formula is C10H12Cl2FNO2S. The van der Waals surface area contributed by atoms with Gasteiger partial charge in [-0.2, -0.15) is 0 Å². The molecule has 1 atom stereocenters. The standard InChI is InChI=1S/C10H12Cl2FNO2S/c1-7(5-11)6-17(15,16)14-10-3-8(12)2-9(13)4-10/h2-4,7,14H,5-6H2,1H3. The predicted octanol–water partition coefficient (Wildman–Crippen LogP) is 3.10. The van der Waals surface area contributed by atoms with Crippen LogP contribution in [0, 0.1) is 11.7 Å². The van der Waals surface area contributed by atoms with E-state index < -0.39 is 15.8 Å². The van der Waals surface area contributed by atoms with Crippen molar-refractivity contribution in [3.63, 3.8) is 0 Å². The molecule has 0 fully saturated rings. The maximum Gasteiger partial charge on any atom is 0.233 e. The van der Waals surface area contributed by atoms with Crippen LogP contribution in [-0.4, -0.2) is 20.1 Å². The average molecular weight is 300 g/mol. The van der Waals surface area contributed by atoms with Crippen LogP contribution in [0.2, 0.25) is 5.02 Å². The third-order valence-electron chi connectivity index (χ3n) is 1.90. The van der Waals surface area contributed by atoms with Crippen molar-refractivity contribution in [1.82, 2.24) is 0 Å². The van der Waals surface area contributed by atoms with Crippen LogP contribution in [0.4, 0.5) is 10.1 Å². The van der Waals surface area contributed by atoms with Gasteiger partial charge in [0.1, 0.15) is 5.82 Å². The van der Waals surface area contributed by atoms with Crippen LogP contribution >= 0.6 is 23.2 Å². The fourth-order valence-corrected chi connectivity index (χ4v) is 3.14. The van der Waals surface area contributed by atoms with Crippen LogP contribution in [-0.2, 0) is 10.0 Å². The number of halogens is 3. The zero-order valence-electron chi connectivity index (χ0n) is 9.08. The first-order valence-corrected chi connectivity index (χ1v) is 7.41. The fourth-order valence-electron chi connectivity index (χ4n) is 1.25. The quantitative estimate of drug-likeness (QED) is 0.849. The van der Waals surface area contributed by atoms with Gasteiger partial charge in [-0.15, -0.1) is 11.6 Å². The van der Waals surface area contributed by atoms with E-state index in [0.717, 1.165) is 12.1 Å². The van der Waals surface area contributed by atoms with Gasteiger partial charge in [0.25, 0.3) is 0 Å². The van der Waals surface area contributed by atoms with Gasteiger partial charge in [0, 0.05) is 10.9 Å². The maximum absolute atomic E-state index is 13.0. The highest BCUT2D eigenvalue weighted by atomic mass is 35.5. The molecule has 3 nitrogen and oxygen atoms in total. The molecule has 0 heterocycles. The Labute approximate surface area is 110 Å². The lowest BCUT2D eigenvalue weighted by molar-refractivity contribution is 0.588. The Morgan fingerprint density at radius 1 is 1.41 bits per heavy atom. The summed E-state index contributed by atoms with van der Waals surface area (Å²) in [5.41, 5.74) is 0.108. The van der Waals surface area contributed by atoms with Crippen LogP contribution in [0.15, 0.2) is 18.2 Å². The van der Waals surface area contributed by atoms with Gasteiger partial charge in [-0.25, -0.2) is 12.8 Å². The third-order valence-corrected chi connectivity index (χ3v) is 4.20. The molecule has 0 aliphatic carbocycles. The molecule has 0 saturated carbocycles. The number of alkyl halides is 1. The Balaban J connectivity index is 2.83. The number of benzene rings is 1. The first-order chi connectivity index (χ1) is 7.82. The van der Waals surface area contributed by atoms with Crippen molar-refractivity contribution >= 4 is 38.9 Å². The van der Waals surface area contributed by atoms with Gasteiger partial charge in [0.05, 0.1) is 11.4 Å². The predicted molar refractivity (Wildman–Crippen MR) is 68.7 cm³/mol. The molecule has 0 amide bonds. The summed E-state index contributed by atoms with van der Waals surface area (Å²) in [4.78, 5) is 0. The Morgan fingerprint density at radius 3 is 2.59 bits per heavy atom. The molecule has 1 aromatic carbocycles. The maximum atomic E-state index is 13.0. The molecule has 0 aliphatic rings. The smallest absolute Gasteiger partial charge is 0.233 e. The van der Waals surface area contributed by atoms with E-state index in [4.69, 9.17) is 23.2 Å². The molecule has 0 bridgehead atoms. The summed E-state index contributed by atoms with van der Waals surface area (Å²) in [7, 11) is -3.54. The largest absolute Gasteiger partial charge is 0.283 e. The molecule has 0 aliphatic heterocycles. The Morgan fingerprint density at radius 2 is 2.06 bits per heavy atom. The van der Waals surface area contributed by atoms with Crippen molar-refractivity contribution in [1.29, 1.82) is 0 Å². The van der Waals surface area contributed by atoms with Gasteiger partial charge >= 0.3 is 0 Å². The highest BCUT2D eigenvalue weighted by Gasteiger charge is 2.15. The lowest BCUT2D eigenvalue weighted by atomic mass is 10.3. The van der Waals surface area contributed by atoms with Crippen molar-refractivity contribution in [2.45, 2.75) is 6.92 Å². The van der Waals surface area contributed by atoms with Crippen LogP contribution in [0.1, 0.15) is 6.92 Å². The van der Waals surface area contributed by atoms with Crippen molar-refractivity contribution in [3.8, 4) is 0 Å². The van der Waals surface area contributed by atoms with Crippen molar-refractivity contribution in [2.75, 3.05) is 16.4 Å². The highest BCUT2D eigenvalue weighted by Crippen LogP contribution is 2.19. The molecule has 0 radical (unpaired) electrons. The molecule has 96 valence electrons. The van der Waals surface area contributed by atoms with Gasteiger partial charge in [0.15, 0.2) is 0 Å². The van der Waals surface area contributed by atoms with E-state index in [0.29, 0.717) is 0 Å². The van der Waals surface area contributed by atoms with Gasteiger partial charge in [0.2, 0.25) is 10.0 Å². The summed E-state index contributed by atoms with van der Waals surface area (Å²) in [5.74, 6) is -0.658. The molecule has 1 rings (SSSR count). The third kappa shape index (κ3) is 5.10. The van der Waals surface area contributed by atoms with Gasteiger partial charge in [-0.1, -0.05) is 18.5 Å². The number of hydrogen-bond donors (Lipinski definition) is 1. The van der Waals surface area contributed by atoms with Crippen LogP contribution < -0.4 is 4.72 Å². The van der Waals surface area contributed by atoms with Gasteiger partial charge < -0.3 is 0 Å². The monoisotopic (exact) mass is 299 g/mol. The number of rotatable bonds is 5. The van der Waals surface area contributed by atoms with Crippen LogP contribution in [0.3, 0.4) is 0 Å². The van der Waals surface area contributed by atoms with E-state index in [2.05, 4.69) is 4.72 Å². The molecule has 1 aromatic rings. The summed E-state index contributed by atoms with van der Waals surface area (Å²) < 4.78 is 38.6. The summed E-state index contributed by atoms with van der Waals surface area (Å²) in [6, 6.07) is 3.50. The Hall–Kier alpha value is -0.520. The van der Waals surface area contributed by atoms with E-state index in [1.165, 1.54) is 6.07 Å². The minimum absolute atomic E-state index is 0.108. The number of hydrogen-bond acceptors (Lipinski definition) is 2. The number of nitrogens with one attached hydrogen (secondary N) is 1. The summed E-state index contributed by atoms with van der Waals surface area (Å²) in [6.45, 7) is 1.71. The normalized spacial score (nSPS) is 13.4. The average Bonchev–Trinajstić information content (AvgIpc) is 2.13. The van der Waals surface area contributed by atoms with E-state index >= 15 is 0 Å². The summed E-state index contributed by atoms with van der Waals surface area (Å²) in [6.07, 6.45) is 0. The second-order valence-electron chi connectivity index (χ2n) is 3.80. The lowest BCUT2D eigenvalue weighted by Crippen LogP contribution is -2.22. The molecule has 17 heavy (non-hydrogen) atoms. The first kappa shape index (κ1) is 14.5. The second kappa shape index (κ2) is 5.89.